The van der Waals surface area contributed by atoms with E-state index in [0.29, 0.717) is 0 Å². The average molecular weight is 198 g/mol. The van der Waals surface area contributed by atoms with Gasteiger partial charge in [-0.1, -0.05) is 6.92 Å². The summed E-state index contributed by atoms with van der Waals surface area (Å²) in [5.41, 5.74) is 0. The molecule has 2 fully saturated rings. The SMILES string of the molecule is CC1CCC([NH+]2CC[NH+](C)CC2)CC1. The highest BCUT2D eigenvalue weighted by Crippen LogP contribution is 2.21. The smallest absolute Gasteiger partial charge is 0.127 e. The van der Waals surface area contributed by atoms with Gasteiger partial charge in [-0.15, -0.1) is 0 Å². The van der Waals surface area contributed by atoms with Crippen LogP contribution >= 0.6 is 0 Å². The Bertz CT molecular complexity index is 145. The number of rotatable bonds is 1. The van der Waals surface area contributed by atoms with Gasteiger partial charge in [0.1, 0.15) is 26.2 Å². The van der Waals surface area contributed by atoms with Crippen LogP contribution in [0.15, 0.2) is 0 Å². The molecule has 0 amide bonds. The van der Waals surface area contributed by atoms with E-state index in [9.17, 15) is 0 Å². The molecule has 0 spiro atoms. The van der Waals surface area contributed by atoms with Crippen molar-refractivity contribution in [3.63, 3.8) is 0 Å². The van der Waals surface area contributed by atoms with Gasteiger partial charge in [0.25, 0.3) is 0 Å². The fourth-order valence-electron chi connectivity index (χ4n) is 3.07. The van der Waals surface area contributed by atoms with Gasteiger partial charge in [0.15, 0.2) is 0 Å². The Balaban J connectivity index is 1.78. The lowest BCUT2D eigenvalue weighted by atomic mass is 9.86. The van der Waals surface area contributed by atoms with E-state index in [4.69, 9.17) is 0 Å². The third-order valence-electron chi connectivity index (χ3n) is 4.34. The highest BCUT2D eigenvalue weighted by atomic mass is 15.3. The van der Waals surface area contributed by atoms with Gasteiger partial charge >= 0.3 is 0 Å². The van der Waals surface area contributed by atoms with Crippen LogP contribution in [-0.2, 0) is 0 Å². The largest absolute Gasteiger partial charge is 0.328 e. The summed E-state index contributed by atoms with van der Waals surface area (Å²) in [4.78, 5) is 3.65. The van der Waals surface area contributed by atoms with Crippen LogP contribution in [0.2, 0.25) is 0 Å². The molecule has 2 rings (SSSR count). The molecule has 1 aliphatic carbocycles. The lowest BCUT2D eigenvalue weighted by molar-refractivity contribution is -1.02. The van der Waals surface area contributed by atoms with Gasteiger partial charge < -0.3 is 9.80 Å². The Morgan fingerprint density at radius 2 is 1.43 bits per heavy atom. The van der Waals surface area contributed by atoms with Crippen molar-refractivity contribution < 1.29 is 9.80 Å². The highest BCUT2D eigenvalue weighted by Gasteiger charge is 2.30. The van der Waals surface area contributed by atoms with E-state index in [-0.39, 0.29) is 0 Å². The molecule has 2 nitrogen and oxygen atoms in total. The molecule has 0 aromatic carbocycles. The van der Waals surface area contributed by atoms with Crippen molar-refractivity contribution in [1.82, 2.24) is 0 Å². The maximum absolute atomic E-state index is 2.42. The summed E-state index contributed by atoms with van der Waals surface area (Å²) >= 11 is 0. The Kier molecular flexibility index (Phi) is 3.45. The van der Waals surface area contributed by atoms with Crippen LogP contribution in [0.1, 0.15) is 32.6 Å². The summed E-state index contributed by atoms with van der Waals surface area (Å²) in [6.07, 6.45) is 5.96. The molecule has 0 bridgehead atoms. The monoisotopic (exact) mass is 198 g/mol. The van der Waals surface area contributed by atoms with E-state index in [1.165, 1.54) is 51.9 Å². The molecule has 1 aliphatic heterocycles. The fraction of sp³-hybridized carbons (Fsp3) is 1.00. The third kappa shape index (κ3) is 2.48. The minimum atomic E-state index is 1.00. The van der Waals surface area contributed by atoms with E-state index in [0.717, 1.165) is 12.0 Å². The van der Waals surface area contributed by atoms with Gasteiger partial charge in [-0.05, 0) is 31.6 Å². The lowest BCUT2D eigenvalue weighted by Crippen LogP contribution is -3.28. The number of hydrogen-bond donors (Lipinski definition) is 2. The molecule has 0 atom stereocenters. The van der Waals surface area contributed by atoms with Crippen LogP contribution in [0, 0.1) is 5.92 Å². The Morgan fingerprint density at radius 1 is 0.857 bits per heavy atom. The Labute approximate surface area is 88.3 Å². The number of quaternary nitrogens is 2. The molecule has 2 heteroatoms. The Morgan fingerprint density at radius 3 is 2.00 bits per heavy atom. The summed E-state index contributed by atoms with van der Waals surface area (Å²) in [5, 5.41) is 0. The number of nitrogens with one attached hydrogen (secondary N) is 2. The van der Waals surface area contributed by atoms with Crippen LogP contribution < -0.4 is 9.80 Å². The molecular weight excluding hydrogens is 172 g/mol. The van der Waals surface area contributed by atoms with Crippen molar-refractivity contribution in [1.29, 1.82) is 0 Å². The first-order valence-corrected chi connectivity index (χ1v) is 6.41. The molecule has 1 saturated carbocycles. The van der Waals surface area contributed by atoms with Crippen LogP contribution in [0.5, 0.6) is 0 Å². The van der Waals surface area contributed by atoms with Crippen LogP contribution in [-0.4, -0.2) is 39.3 Å². The summed E-state index contributed by atoms with van der Waals surface area (Å²) in [6.45, 7) is 8.04. The molecule has 2 N–H and O–H groups in total. The van der Waals surface area contributed by atoms with E-state index >= 15 is 0 Å². The van der Waals surface area contributed by atoms with Crippen LogP contribution in [0.25, 0.3) is 0 Å². The second kappa shape index (κ2) is 4.63. The minimum Gasteiger partial charge on any atom is -0.328 e. The van der Waals surface area contributed by atoms with E-state index < -0.39 is 0 Å². The van der Waals surface area contributed by atoms with Crippen LogP contribution in [0.3, 0.4) is 0 Å². The maximum Gasteiger partial charge on any atom is 0.127 e. The second-order valence-electron chi connectivity index (χ2n) is 5.57. The average Bonchev–Trinajstić information content (AvgIpc) is 2.21. The molecule has 0 aromatic rings. The summed E-state index contributed by atoms with van der Waals surface area (Å²) in [5.74, 6) is 1.00. The first-order chi connectivity index (χ1) is 6.75. The quantitative estimate of drug-likeness (QED) is 0.534. The standard InChI is InChI=1S/C12H24N2/c1-11-3-5-12(6-4-11)14-9-7-13(2)8-10-14/h11-12H,3-10H2,1-2H3/p+2. The van der Waals surface area contributed by atoms with Crippen LogP contribution in [0.4, 0.5) is 0 Å². The molecule has 1 heterocycles. The fourth-order valence-corrected chi connectivity index (χ4v) is 3.07. The molecule has 0 radical (unpaired) electrons. The van der Waals surface area contributed by atoms with E-state index in [1.807, 2.05) is 4.90 Å². The number of likely N-dealkylation sites (N-methyl/N-ethyl adjacent to an activating group) is 1. The van der Waals surface area contributed by atoms with Crippen molar-refractivity contribution in [3.05, 3.63) is 0 Å². The molecule has 14 heavy (non-hydrogen) atoms. The second-order valence-corrected chi connectivity index (χ2v) is 5.57. The molecule has 1 saturated heterocycles. The van der Waals surface area contributed by atoms with Crippen molar-refractivity contribution in [2.24, 2.45) is 5.92 Å². The van der Waals surface area contributed by atoms with Gasteiger partial charge in [-0.2, -0.15) is 0 Å². The zero-order chi connectivity index (χ0) is 9.97. The van der Waals surface area contributed by atoms with Gasteiger partial charge in [-0.25, -0.2) is 0 Å². The molecule has 82 valence electrons. The van der Waals surface area contributed by atoms with Gasteiger partial charge in [0, 0.05) is 0 Å². The third-order valence-corrected chi connectivity index (χ3v) is 4.34. The maximum atomic E-state index is 2.42. The summed E-state index contributed by atoms with van der Waals surface area (Å²) < 4.78 is 0. The van der Waals surface area contributed by atoms with Gasteiger partial charge in [0.05, 0.1) is 13.1 Å². The predicted molar refractivity (Wildman–Crippen MR) is 58.7 cm³/mol. The van der Waals surface area contributed by atoms with Gasteiger partial charge in [-0.3, -0.25) is 0 Å². The molecule has 0 unspecified atom stereocenters. The zero-order valence-electron chi connectivity index (χ0n) is 9.81. The van der Waals surface area contributed by atoms with Gasteiger partial charge in [0.2, 0.25) is 0 Å². The summed E-state index contributed by atoms with van der Waals surface area (Å²) in [6, 6.07) is 1.01. The topological polar surface area (TPSA) is 8.88 Å². The normalized spacial score (nSPS) is 45.0. The highest BCUT2D eigenvalue weighted by molar-refractivity contribution is 4.69. The number of piperazine rings is 1. The van der Waals surface area contributed by atoms with E-state index in [2.05, 4.69) is 14.0 Å². The van der Waals surface area contributed by atoms with Crippen molar-refractivity contribution in [3.8, 4) is 0 Å². The first kappa shape index (κ1) is 10.4. The van der Waals surface area contributed by atoms with E-state index in [1.54, 1.807) is 4.90 Å². The molecule has 2 aliphatic rings. The van der Waals surface area contributed by atoms with Crippen molar-refractivity contribution in [2.75, 3.05) is 33.2 Å². The number of hydrogen-bond acceptors (Lipinski definition) is 0. The molecular formula is C12H26N2+2. The lowest BCUT2D eigenvalue weighted by Gasteiger charge is -2.36. The first-order valence-electron chi connectivity index (χ1n) is 6.41. The Hall–Kier alpha value is -0.0800. The van der Waals surface area contributed by atoms with Crippen molar-refractivity contribution >= 4 is 0 Å². The molecule has 0 aromatic heterocycles. The van der Waals surface area contributed by atoms with Crippen molar-refractivity contribution in [2.45, 2.75) is 38.6 Å². The zero-order valence-corrected chi connectivity index (χ0v) is 9.81. The predicted octanol–water partition coefficient (Wildman–Crippen LogP) is -1.02. The minimum absolute atomic E-state index is 1.00. The summed E-state index contributed by atoms with van der Waals surface area (Å²) in [7, 11) is 2.33.